The normalized spacial score (nSPS) is 10.4. The highest BCUT2D eigenvalue weighted by molar-refractivity contribution is 7.95. The van der Waals surface area contributed by atoms with Crippen LogP contribution in [-0.4, -0.2) is 15.4 Å². The first kappa shape index (κ1) is 9.08. The molecule has 0 radical (unpaired) electrons. The predicted octanol–water partition coefficient (Wildman–Crippen LogP) is 1.90. The van der Waals surface area contributed by atoms with E-state index >= 15 is 0 Å². The Morgan fingerprint density at radius 1 is 1.57 bits per heavy atom. The van der Waals surface area contributed by atoms with Gasteiger partial charge in [0.05, 0.1) is 0 Å². The number of pyridine rings is 1. The standard InChI is InChI=1S/C9H8N2O2S/c1-7(12)13-14-9-4-2-3-8-10-5-6-11(8)9/h2-6H,1H3. The molecule has 0 fully saturated rings. The van der Waals surface area contributed by atoms with E-state index in [-0.39, 0.29) is 5.97 Å². The molecule has 0 aliphatic heterocycles. The van der Waals surface area contributed by atoms with Crippen molar-refractivity contribution in [3.8, 4) is 0 Å². The molecule has 0 amide bonds. The molecule has 0 saturated heterocycles. The van der Waals surface area contributed by atoms with Gasteiger partial charge in [-0.25, -0.2) is 4.98 Å². The summed E-state index contributed by atoms with van der Waals surface area (Å²) in [7, 11) is 0. The van der Waals surface area contributed by atoms with Crippen LogP contribution in [0.4, 0.5) is 0 Å². The van der Waals surface area contributed by atoms with Gasteiger partial charge in [-0.1, -0.05) is 6.07 Å². The van der Waals surface area contributed by atoms with Gasteiger partial charge in [0.2, 0.25) is 0 Å². The number of carbonyl (C=O) groups excluding carboxylic acids is 1. The van der Waals surface area contributed by atoms with Gasteiger partial charge in [0, 0.05) is 19.3 Å². The number of aromatic nitrogens is 2. The molecule has 4 nitrogen and oxygen atoms in total. The molecular formula is C9H8N2O2S. The number of hydrogen-bond acceptors (Lipinski definition) is 4. The smallest absolute Gasteiger partial charge is 0.315 e. The molecule has 14 heavy (non-hydrogen) atoms. The van der Waals surface area contributed by atoms with Crippen molar-refractivity contribution in [1.82, 2.24) is 9.38 Å². The van der Waals surface area contributed by atoms with Crippen LogP contribution in [0.1, 0.15) is 6.92 Å². The van der Waals surface area contributed by atoms with Crippen LogP contribution in [0.5, 0.6) is 0 Å². The lowest BCUT2D eigenvalue weighted by atomic mass is 10.5. The van der Waals surface area contributed by atoms with Crippen molar-refractivity contribution in [2.45, 2.75) is 11.9 Å². The molecule has 72 valence electrons. The van der Waals surface area contributed by atoms with Gasteiger partial charge in [-0.15, -0.1) is 0 Å². The van der Waals surface area contributed by atoms with Gasteiger partial charge < -0.3 is 4.18 Å². The maximum Gasteiger partial charge on any atom is 0.315 e. The molecule has 0 atom stereocenters. The zero-order valence-electron chi connectivity index (χ0n) is 7.51. The van der Waals surface area contributed by atoms with Gasteiger partial charge in [0.1, 0.15) is 22.7 Å². The van der Waals surface area contributed by atoms with E-state index in [1.54, 1.807) is 6.20 Å². The van der Waals surface area contributed by atoms with Gasteiger partial charge in [0.15, 0.2) is 0 Å². The second-order valence-corrected chi connectivity index (χ2v) is 3.43. The fourth-order valence-electron chi connectivity index (χ4n) is 1.09. The highest BCUT2D eigenvalue weighted by Crippen LogP contribution is 2.19. The molecule has 0 spiro atoms. The van der Waals surface area contributed by atoms with Crippen LogP contribution in [0.2, 0.25) is 0 Å². The Hall–Kier alpha value is -1.49. The Kier molecular flexibility index (Phi) is 2.41. The third kappa shape index (κ3) is 1.72. The minimum absolute atomic E-state index is 0.313. The number of imidazole rings is 1. The summed E-state index contributed by atoms with van der Waals surface area (Å²) in [6.45, 7) is 1.38. The highest BCUT2D eigenvalue weighted by Gasteiger charge is 2.03. The minimum atomic E-state index is -0.313. The molecule has 0 unspecified atom stereocenters. The quantitative estimate of drug-likeness (QED) is 0.707. The van der Waals surface area contributed by atoms with Crippen molar-refractivity contribution < 1.29 is 8.98 Å². The van der Waals surface area contributed by atoms with Crippen molar-refractivity contribution in [2.75, 3.05) is 0 Å². The Labute approximate surface area is 85.1 Å². The Morgan fingerprint density at radius 2 is 2.43 bits per heavy atom. The fourth-order valence-corrected chi connectivity index (χ4v) is 1.66. The summed E-state index contributed by atoms with van der Waals surface area (Å²) >= 11 is 1.04. The van der Waals surface area contributed by atoms with Crippen molar-refractivity contribution in [2.24, 2.45) is 0 Å². The van der Waals surface area contributed by atoms with Crippen molar-refractivity contribution in [3.63, 3.8) is 0 Å². The van der Waals surface area contributed by atoms with Gasteiger partial charge in [-0.05, 0) is 12.1 Å². The maximum absolute atomic E-state index is 10.6. The number of fused-ring (bicyclic) bond motifs is 1. The first-order chi connectivity index (χ1) is 6.77. The fraction of sp³-hybridized carbons (Fsp3) is 0.111. The third-order valence-corrected chi connectivity index (χ3v) is 2.46. The van der Waals surface area contributed by atoms with Crippen molar-refractivity contribution in [3.05, 3.63) is 30.6 Å². The lowest BCUT2D eigenvalue weighted by Crippen LogP contribution is -1.93. The number of hydrogen-bond donors (Lipinski definition) is 0. The van der Waals surface area contributed by atoms with E-state index < -0.39 is 0 Å². The lowest BCUT2D eigenvalue weighted by molar-refractivity contribution is -0.130. The zero-order valence-corrected chi connectivity index (χ0v) is 8.32. The minimum Gasteiger partial charge on any atom is -0.385 e. The summed E-state index contributed by atoms with van der Waals surface area (Å²) < 4.78 is 6.69. The summed E-state index contributed by atoms with van der Waals surface area (Å²) in [5.41, 5.74) is 0.835. The molecule has 0 N–H and O–H groups in total. The molecule has 5 heteroatoms. The first-order valence-electron chi connectivity index (χ1n) is 4.04. The molecule has 2 heterocycles. The molecular weight excluding hydrogens is 200 g/mol. The molecule has 2 rings (SSSR count). The van der Waals surface area contributed by atoms with Gasteiger partial charge in [0.25, 0.3) is 0 Å². The summed E-state index contributed by atoms with van der Waals surface area (Å²) in [4.78, 5) is 14.7. The molecule has 2 aromatic rings. The maximum atomic E-state index is 10.6. The van der Waals surface area contributed by atoms with E-state index in [1.807, 2.05) is 28.8 Å². The molecule has 0 aromatic carbocycles. The van der Waals surface area contributed by atoms with E-state index in [1.165, 1.54) is 6.92 Å². The van der Waals surface area contributed by atoms with E-state index in [4.69, 9.17) is 4.18 Å². The highest BCUT2D eigenvalue weighted by atomic mass is 32.2. The second kappa shape index (κ2) is 3.71. The van der Waals surface area contributed by atoms with Crippen molar-refractivity contribution in [1.29, 1.82) is 0 Å². The van der Waals surface area contributed by atoms with Crippen LogP contribution < -0.4 is 0 Å². The average Bonchev–Trinajstić information content (AvgIpc) is 2.62. The summed E-state index contributed by atoms with van der Waals surface area (Å²) in [6, 6.07) is 5.62. The molecule has 0 bridgehead atoms. The largest absolute Gasteiger partial charge is 0.385 e. The topological polar surface area (TPSA) is 43.6 Å². The monoisotopic (exact) mass is 208 g/mol. The number of nitrogens with zero attached hydrogens (tertiary/aromatic N) is 2. The van der Waals surface area contributed by atoms with Crippen molar-refractivity contribution >= 4 is 23.7 Å². The second-order valence-electron chi connectivity index (χ2n) is 2.68. The summed E-state index contributed by atoms with van der Waals surface area (Å²) in [5.74, 6) is -0.313. The first-order valence-corrected chi connectivity index (χ1v) is 4.79. The Bertz CT molecular complexity index is 467. The molecule has 0 aliphatic carbocycles. The zero-order chi connectivity index (χ0) is 9.97. The van der Waals surface area contributed by atoms with E-state index in [9.17, 15) is 4.79 Å². The predicted molar refractivity (Wildman–Crippen MR) is 52.8 cm³/mol. The van der Waals surface area contributed by atoms with E-state index in [0.717, 1.165) is 22.7 Å². The average molecular weight is 208 g/mol. The van der Waals surface area contributed by atoms with Crippen LogP contribution >= 0.6 is 12.0 Å². The van der Waals surface area contributed by atoms with Crippen LogP contribution in [0.25, 0.3) is 5.65 Å². The van der Waals surface area contributed by atoms with Crippen LogP contribution in [0.3, 0.4) is 0 Å². The number of carbonyl (C=O) groups is 1. The SMILES string of the molecule is CC(=O)OSc1cccc2nccn12. The lowest BCUT2D eigenvalue weighted by Gasteiger charge is -2.02. The number of rotatable bonds is 2. The Morgan fingerprint density at radius 3 is 3.21 bits per heavy atom. The summed E-state index contributed by atoms with van der Waals surface area (Å²) in [5, 5.41) is 0.829. The van der Waals surface area contributed by atoms with Gasteiger partial charge in [-0.2, -0.15) is 0 Å². The molecule has 0 aliphatic rings. The Balaban J connectivity index is 2.32. The van der Waals surface area contributed by atoms with Gasteiger partial charge >= 0.3 is 5.97 Å². The van der Waals surface area contributed by atoms with Crippen LogP contribution in [0.15, 0.2) is 35.6 Å². The van der Waals surface area contributed by atoms with Crippen LogP contribution in [-0.2, 0) is 8.98 Å². The van der Waals surface area contributed by atoms with E-state index in [2.05, 4.69) is 4.98 Å². The summed E-state index contributed by atoms with van der Waals surface area (Å²) in [6.07, 6.45) is 3.52. The molecule has 0 saturated carbocycles. The van der Waals surface area contributed by atoms with Crippen LogP contribution in [0, 0.1) is 0 Å². The van der Waals surface area contributed by atoms with E-state index in [0.29, 0.717) is 0 Å². The molecule has 2 aromatic heterocycles. The third-order valence-electron chi connectivity index (χ3n) is 1.64. The van der Waals surface area contributed by atoms with Gasteiger partial charge in [-0.3, -0.25) is 9.20 Å².